The molecule has 1 aliphatic heterocycles. The van der Waals surface area contributed by atoms with Gasteiger partial charge in [-0.1, -0.05) is 12.1 Å². The highest BCUT2D eigenvalue weighted by Gasteiger charge is 2.41. The Morgan fingerprint density at radius 1 is 1.05 bits per heavy atom. The van der Waals surface area contributed by atoms with Crippen LogP contribution in [0.1, 0.15) is 11.7 Å². The standard InChI is InChI=1S/C15H11NO2S2/c1-2-6-13-12(5-1)16-14(18-13)15(19-8-9-20-15)10-11-4-3-7-17-11/h1-9H,10H2. The van der Waals surface area contributed by atoms with Gasteiger partial charge in [-0.05, 0) is 35.1 Å². The van der Waals surface area contributed by atoms with Crippen molar-refractivity contribution in [1.29, 1.82) is 0 Å². The van der Waals surface area contributed by atoms with E-state index in [0.29, 0.717) is 0 Å². The maximum atomic E-state index is 5.97. The van der Waals surface area contributed by atoms with Crippen molar-refractivity contribution in [3.05, 3.63) is 65.1 Å². The maximum Gasteiger partial charge on any atom is 0.223 e. The fraction of sp³-hybridized carbons (Fsp3) is 0.133. The molecule has 3 aromatic rings. The zero-order chi connectivity index (χ0) is 13.4. The Labute approximate surface area is 124 Å². The van der Waals surface area contributed by atoms with Gasteiger partial charge in [0, 0.05) is 6.42 Å². The lowest BCUT2D eigenvalue weighted by molar-refractivity contribution is 0.464. The molecule has 0 bridgehead atoms. The number of thioether (sulfide) groups is 2. The highest BCUT2D eigenvalue weighted by Crippen LogP contribution is 2.54. The van der Waals surface area contributed by atoms with Crippen molar-refractivity contribution in [2.75, 3.05) is 0 Å². The van der Waals surface area contributed by atoms with Crippen LogP contribution in [0.4, 0.5) is 0 Å². The summed E-state index contributed by atoms with van der Waals surface area (Å²) >= 11 is 3.45. The largest absolute Gasteiger partial charge is 0.469 e. The molecule has 0 radical (unpaired) electrons. The van der Waals surface area contributed by atoms with E-state index in [1.165, 1.54) is 0 Å². The molecule has 2 aromatic heterocycles. The van der Waals surface area contributed by atoms with E-state index in [1.54, 1.807) is 29.8 Å². The molecule has 100 valence electrons. The second-order valence-corrected chi connectivity index (χ2v) is 7.17. The Morgan fingerprint density at radius 3 is 2.65 bits per heavy atom. The predicted molar refractivity (Wildman–Crippen MR) is 82.4 cm³/mol. The first kappa shape index (κ1) is 12.2. The average molecular weight is 301 g/mol. The zero-order valence-corrected chi connectivity index (χ0v) is 12.1. The highest BCUT2D eigenvalue weighted by molar-refractivity contribution is 8.22. The Kier molecular flexibility index (Phi) is 2.89. The normalized spacial score (nSPS) is 17.0. The molecular weight excluding hydrogens is 290 g/mol. The lowest BCUT2D eigenvalue weighted by atomic mass is 10.2. The smallest absolute Gasteiger partial charge is 0.223 e. The third-order valence-corrected chi connectivity index (χ3v) is 5.87. The first-order valence-electron chi connectivity index (χ1n) is 6.25. The van der Waals surface area contributed by atoms with Crippen LogP contribution in [0.25, 0.3) is 11.1 Å². The van der Waals surface area contributed by atoms with Crippen LogP contribution in [0.5, 0.6) is 0 Å². The summed E-state index contributed by atoms with van der Waals surface area (Å²) in [6, 6.07) is 11.8. The molecule has 0 saturated heterocycles. The molecule has 0 fully saturated rings. The molecule has 5 heteroatoms. The summed E-state index contributed by atoms with van der Waals surface area (Å²) in [4.78, 5) is 4.66. The minimum Gasteiger partial charge on any atom is -0.469 e. The third kappa shape index (κ3) is 1.98. The van der Waals surface area contributed by atoms with Crippen LogP contribution in [-0.2, 0) is 10.5 Å². The van der Waals surface area contributed by atoms with E-state index in [-0.39, 0.29) is 4.08 Å². The number of fused-ring (bicyclic) bond motifs is 1. The summed E-state index contributed by atoms with van der Waals surface area (Å²) in [6.45, 7) is 0. The van der Waals surface area contributed by atoms with Crippen molar-refractivity contribution in [2.24, 2.45) is 0 Å². The number of hydrogen-bond donors (Lipinski definition) is 0. The van der Waals surface area contributed by atoms with Gasteiger partial charge in [0.25, 0.3) is 0 Å². The molecule has 0 saturated carbocycles. The van der Waals surface area contributed by atoms with E-state index >= 15 is 0 Å². The Hall–Kier alpha value is -1.59. The van der Waals surface area contributed by atoms with Gasteiger partial charge in [-0.15, -0.1) is 23.5 Å². The number of rotatable bonds is 3. The van der Waals surface area contributed by atoms with Crippen LogP contribution >= 0.6 is 23.5 Å². The Morgan fingerprint density at radius 2 is 1.90 bits per heavy atom. The van der Waals surface area contributed by atoms with Crippen molar-refractivity contribution >= 4 is 34.6 Å². The summed E-state index contributed by atoms with van der Waals surface area (Å²) in [6.07, 6.45) is 2.45. The average Bonchev–Trinajstić information content (AvgIpc) is 3.19. The molecule has 0 spiro atoms. The molecule has 3 heterocycles. The highest BCUT2D eigenvalue weighted by atomic mass is 32.2. The number of benzene rings is 1. The summed E-state index contributed by atoms with van der Waals surface area (Å²) in [5.41, 5.74) is 1.73. The van der Waals surface area contributed by atoms with Crippen molar-refractivity contribution in [3.8, 4) is 0 Å². The molecule has 1 aliphatic rings. The Bertz CT molecular complexity index is 720. The van der Waals surface area contributed by atoms with Crippen LogP contribution in [-0.4, -0.2) is 4.98 Å². The van der Waals surface area contributed by atoms with E-state index in [2.05, 4.69) is 15.8 Å². The van der Waals surface area contributed by atoms with Gasteiger partial charge in [-0.3, -0.25) is 0 Å². The van der Waals surface area contributed by atoms with E-state index in [0.717, 1.165) is 29.2 Å². The molecule has 0 atom stereocenters. The van der Waals surface area contributed by atoms with Gasteiger partial charge in [-0.2, -0.15) is 0 Å². The van der Waals surface area contributed by atoms with E-state index < -0.39 is 0 Å². The van der Waals surface area contributed by atoms with Crippen LogP contribution in [0.15, 0.2) is 62.3 Å². The van der Waals surface area contributed by atoms with Gasteiger partial charge >= 0.3 is 0 Å². The van der Waals surface area contributed by atoms with Gasteiger partial charge in [0.05, 0.1) is 6.26 Å². The van der Waals surface area contributed by atoms with Crippen molar-refractivity contribution in [2.45, 2.75) is 10.5 Å². The van der Waals surface area contributed by atoms with Gasteiger partial charge < -0.3 is 8.83 Å². The fourth-order valence-electron chi connectivity index (χ4n) is 2.24. The van der Waals surface area contributed by atoms with Crippen LogP contribution in [0, 0.1) is 0 Å². The first-order chi connectivity index (χ1) is 9.86. The molecule has 0 unspecified atom stereocenters. The minimum atomic E-state index is -0.267. The monoisotopic (exact) mass is 301 g/mol. The molecule has 3 nitrogen and oxygen atoms in total. The van der Waals surface area contributed by atoms with Crippen LogP contribution < -0.4 is 0 Å². The molecule has 0 amide bonds. The number of aromatic nitrogens is 1. The SMILES string of the molecule is C1=CSC(Cc2ccco2)(c2nc3ccccc3o2)S1. The van der Waals surface area contributed by atoms with Crippen LogP contribution in [0.2, 0.25) is 0 Å². The lowest BCUT2D eigenvalue weighted by Gasteiger charge is -2.21. The number of furan rings is 1. The molecule has 4 rings (SSSR count). The molecule has 0 aliphatic carbocycles. The summed E-state index contributed by atoms with van der Waals surface area (Å²) in [5.74, 6) is 1.69. The summed E-state index contributed by atoms with van der Waals surface area (Å²) in [5, 5.41) is 4.17. The zero-order valence-electron chi connectivity index (χ0n) is 10.5. The van der Waals surface area contributed by atoms with Gasteiger partial charge in [0.2, 0.25) is 5.89 Å². The van der Waals surface area contributed by atoms with E-state index in [1.807, 2.05) is 36.4 Å². The summed E-state index contributed by atoms with van der Waals surface area (Å²) < 4.78 is 11.2. The fourth-order valence-corrected chi connectivity index (χ4v) is 4.51. The van der Waals surface area contributed by atoms with E-state index in [4.69, 9.17) is 8.83 Å². The van der Waals surface area contributed by atoms with Gasteiger partial charge in [0.1, 0.15) is 11.3 Å². The van der Waals surface area contributed by atoms with Gasteiger partial charge in [-0.25, -0.2) is 4.98 Å². The molecule has 1 aromatic carbocycles. The lowest BCUT2D eigenvalue weighted by Crippen LogP contribution is -2.18. The second kappa shape index (κ2) is 4.75. The molecule has 0 N–H and O–H groups in total. The number of para-hydroxylation sites is 2. The van der Waals surface area contributed by atoms with Gasteiger partial charge in [0.15, 0.2) is 9.66 Å². The Balaban J connectivity index is 1.78. The van der Waals surface area contributed by atoms with Crippen molar-refractivity contribution < 1.29 is 8.83 Å². The minimum absolute atomic E-state index is 0.267. The molecular formula is C15H11NO2S2. The van der Waals surface area contributed by atoms with Crippen molar-refractivity contribution in [3.63, 3.8) is 0 Å². The quantitative estimate of drug-likeness (QED) is 0.697. The van der Waals surface area contributed by atoms with Crippen molar-refractivity contribution in [1.82, 2.24) is 4.98 Å². The number of nitrogens with zero attached hydrogens (tertiary/aromatic N) is 1. The second-order valence-electron chi connectivity index (χ2n) is 4.50. The number of oxazole rings is 1. The topological polar surface area (TPSA) is 39.2 Å². The molecule has 20 heavy (non-hydrogen) atoms. The number of hydrogen-bond acceptors (Lipinski definition) is 5. The van der Waals surface area contributed by atoms with Crippen LogP contribution in [0.3, 0.4) is 0 Å². The first-order valence-corrected chi connectivity index (χ1v) is 8.01. The predicted octanol–water partition coefficient (Wildman–Crippen LogP) is 4.77. The third-order valence-electron chi connectivity index (χ3n) is 3.18. The summed E-state index contributed by atoms with van der Waals surface area (Å²) in [7, 11) is 0. The maximum absolute atomic E-state index is 5.97. The van der Waals surface area contributed by atoms with E-state index in [9.17, 15) is 0 Å².